The molecular weight excluding hydrogens is 410 g/mol. The lowest BCUT2D eigenvalue weighted by atomic mass is 10.2. The van der Waals surface area contributed by atoms with E-state index in [1.807, 2.05) is 25.6 Å². The van der Waals surface area contributed by atoms with Crippen LogP contribution in [0.4, 0.5) is 11.6 Å². The number of rotatable bonds is 6. The summed E-state index contributed by atoms with van der Waals surface area (Å²) in [6.45, 7) is 4.50. The Labute approximate surface area is 174 Å². The molecule has 29 heavy (non-hydrogen) atoms. The van der Waals surface area contributed by atoms with Crippen molar-refractivity contribution in [3.63, 3.8) is 0 Å². The molecule has 0 atom stereocenters. The molecule has 2 heterocycles. The van der Waals surface area contributed by atoms with Gasteiger partial charge in [0, 0.05) is 42.9 Å². The van der Waals surface area contributed by atoms with Crippen molar-refractivity contribution in [3.8, 4) is 0 Å². The van der Waals surface area contributed by atoms with E-state index in [4.69, 9.17) is 12.2 Å². The van der Waals surface area contributed by atoms with Crippen molar-refractivity contribution in [2.75, 3.05) is 10.0 Å². The van der Waals surface area contributed by atoms with E-state index in [-0.39, 0.29) is 10.8 Å². The number of sulfonamides is 1. The quantitative estimate of drug-likeness (QED) is 0.509. The van der Waals surface area contributed by atoms with E-state index in [1.54, 1.807) is 18.2 Å². The number of hydrogen-bond acceptors (Lipinski definition) is 6. The van der Waals surface area contributed by atoms with Gasteiger partial charge in [-0.05, 0) is 56.4 Å². The fourth-order valence-corrected chi connectivity index (χ4v) is 3.81. The molecule has 0 radical (unpaired) electrons. The Kier molecular flexibility index (Phi) is 6.09. The van der Waals surface area contributed by atoms with E-state index in [1.165, 1.54) is 24.5 Å². The lowest BCUT2D eigenvalue weighted by Gasteiger charge is -2.12. The van der Waals surface area contributed by atoms with E-state index in [9.17, 15) is 8.42 Å². The third-order valence-corrected chi connectivity index (χ3v) is 5.89. The van der Waals surface area contributed by atoms with Gasteiger partial charge in [-0.3, -0.25) is 4.68 Å². The third-order valence-electron chi connectivity index (χ3n) is 4.30. The van der Waals surface area contributed by atoms with Gasteiger partial charge in [-0.15, -0.1) is 0 Å². The Bertz CT molecular complexity index is 1110. The number of nitrogens with one attached hydrogen (secondary N) is 3. The van der Waals surface area contributed by atoms with E-state index < -0.39 is 10.0 Å². The maximum atomic E-state index is 12.4. The van der Waals surface area contributed by atoms with Crippen LogP contribution in [0.15, 0.2) is 47.6 Å². The van der Waals surface area contributed by atoms with Crippen LogP contribution >= 0.6 is 12.2 Å². The van der Waals surface area contributed by atoms with Gasteiger partial charge >= 0.3 is 0 Å². The van der Waals surface area contributed by atoms with Gasteiger partial charge in [0.05, 0.1) is 10.6 Å². The average molecular weight is 432 g/mol. The number of aromatic nitrogens is 4. The van der Waals surface area contributed by atoms with Crippen molar-refractivity contribution < 1.29 is 8.42 Å². The summed E-state index contributed by atoms with van der Waals surface area (Å²) in [5.41, 5.74) is 3.77. The Morgan fingerprint density at radius 3 is 2.38 bits per heavy atom. The van der Waals surface area contributed by atoms with Crippen LogP contribution in [0, 0.1) is 13.8 Å². The number of thiocarbonyl (C=S) groups is 1. The minimum Gasteiger partial charge on any atom is -0.358 e. The molecule has 0 unspecified atom stereocenters. The fraction of sp³-hybridized carbons (Fsp3) is 0.222. The van der Waals surface area contributed by atoms with Gasteiger partial charge in [-0.2, -0.15) is 5.10 Å². The second-order valence-electron chi connectivity index (χ2n) is 6.28. The zero-order valence-electron chi connectivity index (χ0n) is 16.2. The molecule has 1 aromatic carbocycles. The smallest absolute Gasteiger partial charge is 0.264 e. The summed E-state index contributed by atoms with van der Waals surface area (Å²) >= 11 is 5.32. The van der Waals surface area contributed by atoms with Gasteiger partial charge < -0.3 is 10.6 Å². The third kappa shape index (κ3) is 5.06. The minimum atomic E-state index is -3.77. The number of anilines is 2. The van der Waals surface area contributed by atoms with Gasteiger partial charge in [0.25, 0.3) is 10.0 Å². The van der Waals surface area contributed by atoms with E-state index >= 15 is 0 Å². The Hall–Kier alpha value is -3.05. The zero-order valence-corrected chi connectivity index (χ0v) is 17.8. The largest absolute Gasteiger partial charge is 0.358 e. The maximum Gasteiger partial charge on any atom is 0.264 e. The van der Waals surface area contributed by atoms with Gasteiger partial charge in [0.1, 0.15) is 0 Å². The van der Waals surface area contributed by atoms with Crippen LogP contribution in [0.5, 0.6) is 0 Å². The highest BCUT2D eigenvalue weighted by Crippen LogP contribution is 2.16. The highest BCUT2D eigenvalue weighted by atomic mass is 32.2. The van der Waals surface area contributed by atoms with Crippen molar-refractivity contribution in [1.82, 2.24) is 25.1 Å². The van der Waals surface area contributed by atoms with E-state index in [2.05, 4.69) is 30.4 Å². The second-order valence-corrected chi connectivity index (χ2v) is 8.37. The summed E-state index contributed by atoms with van der Waals surface area (Å²) in [6, 6.07) is 7.83. The molecule has 3 aromatic rings. The van der Waals surface area contributed by atoms with Crippen LogP contribution in [0.2, 0.25) is 0 Å². The molecule has 0 aliphatic carbocycles. The van der Waals surface area contributed by atoms with Crippen molar-refractivity contribution in [3.05, 3.63) is 59.7 Å². The summed E-state index contributed by atoms with van der Waals surface area (Å²) in [6.07, 6.45) is 2.92. The first kappa shape index (κ1) is 20.7. The van der Waals surface area contributed by atoms with E-state index in [0.29, 0.717) is 17.3 Å². The SMILES string of the molecule is Cc1nn(C)c(C)c1CNC(=S)Nc1ccc(S(=O)(=O)Nc2ncccn2)cc1. The van der Waals surface area contributed by atoms with Gasteiger partial charge in [0.2, 0.25) is 5.95 Å². The molecule has 0 saturated carbocycles. The Morgan fingerprint density at radius 1 is 1.14 bits per heavy atom. The molecular formula is C18H21N7O2S2. The molecule has 3 N–H and O–H groups in total. The number of aryl methyl sites for hydroxylation is 2. The lowest BCUT2D eigenvalue weighted by molar-refractivity contribution is 0.601. The van der Waals surface area contributed by atoms with Crippen LogP contribution in [-0.4, -0.2) is 33.3 Å². The summed E-state index contributed by atoms with van der Waals surface area (Å²) < 4.78 is 29.0. The van der Waals surface area contributed by atoms with E-state index in [0.717, 1.165) is 17.0 Å². The predicted octanol–water partition coefficient (Wildman–Crippen LogP) is 2.11. The molecule has 0 aliphatic heterocycles. The second kappa shape index (κ2) is 8.53. The van der Waals surface area contributed by atoms with Gasteiger partial charge in [-0.1, -0.05) is 0 Å². The predicted molar refractivity (Wildman–Crippen MR) is 115 cm³/mol. The Balaban J connectivity index is 1.60. The molecule has 152 valence electrons. The lowest BCUT2D eigenvalue weighted by Crippen LogP contribution is -2.28. The standard InChI is InChI=1S/C18H21N7O2S2/c1-12-16(13(2)25(3)23-12)11-21-18(28)22-14-5-7-15(8-6-14)29(26,27)24-17-19-9-4-10-20-17/h4-10H,11H2,1-3H3,(H,19,20,24)(H2,21,22,28). The fourth-order valence-electron chi connectivity index (χ4n) is 2.67. The first-order chi connectivity index (χ1) is 13.8. The van der Waals surface area contributed by atoms with Gasteiger partial charge in [-0.25, -0.2) is 23.1 Å². The molecule has 9 nitrogen and oxygen atoms in total. The highest BCUT2D eigenvalue weighted by Gasteiger charge is 2.15. The van der Waals surface area contributed by atoms with Crippen molar-refractivity contribution in [1.29, 1.82) is 0 Å². The summed E-state index contributed by atoms with van der Waals surface area (Å²) in [7, 11) is -1.87. The molecule has 0 saturated heterocycles. The number of hydrogen-bond donors (Lipinski definition) is 3. The van der Waals surface area contributed by atoms with Crippen LogP contribution in [0.3, 0.4) is 0 Å². The highest BCUT2D eigenvalue weighted by molar-refractivity contribution is 7.92. The summed E-state index contributed by atoms with van der Waals surface area (Å²) in [5.74, 6) is 0.0149. The molecule has 0 bridgehead atoms. The van der Waals surface area contributed by atoms with Crippen molar-refractivity contribution in [2.24, 2.45) is 7.05 Å². The van der Waals surface area contributed by atoms with Crippen LogP contribution in [-0.2, 0) is 23.6 Å². The molecule has 11 heteroatoms. The molecule has 2 aromatic heterocycles. The number of benzene rings is 1. The molecule has 0 amide bonds. The molecule has 0 fully saturated rings. The molecule has 0 aliphatic rings. The average Bonchev–Trinajstić information content (AvgIpc) is 2.92. The first-order valence-electron chi connectivity index (χ1n) is 8.70. The first-order valence-corrected chi connectivity index (χ1v) is 10.6. The monoisotopic (exact) mass is 431 g/mol. The maximum absolute atomic E-state index is 12.4. The zero-order chi connectivity index (χ0) is 21.0. The molecule has 0 spiro atoms. The van der Waals surface area contributed by atoms with Crippen LogP contribution in [0.1, 0.15) is 17.0 Å². The minimum absolute atomic E-state index is 0.0149. The Morgan fingerprint density at radius 2 is 1.79 bits per heavy atom. The summed E-state index contributed by atoms with van der Waals surface area (Å²) in [5, 5.41) is 11.0. The van der Waals surface area contributed by atoms with Crippen molar-refractivity contribution >= 4 is 39.0 Å². The normalized spacial score (nSPS) is 11.1. The van der Waals surface area contributed by atoms with Gasteiger partial charge in [0.15, 0.2) is 5.11 Å². The van der Waals surface area contributed by atoms with Crippen LogP contribution < -0.4 is 15.4 Å². The van der Waals surface area contributed by atoms with Crippen LogP contribution in [0.25, 0.3) is 0 Å². The summed E-state index contributed by atoms with van der Waals surface area (Å²) in [4.78, 5) is 7.81. The van der Waals surface area contributed by atoms with Crippen molar-refractivity contribution in [2.45, 2.75) is 25.3 Å². The topological polar surface area (TPSA) is 114 Å². The molecule has 3 rings (SSSR count). The number of nitrogens with zero attached hydrogens (tertiary/aromatic N) is 4.